The van der Waals surface area contributed by atoms with Crippen molar-refractivity contribution >= 4 is 14.9 Å². The fraction of sp³-hybridized carbons (Fsp3) is 0.889. The summed E-state index contributed by atoms with van der Waals surface area (Å²) in [5.74, 6) is 0.374. The van der Waals surface area contributed by atoms with Crippen molar-refractivity contribution in [3.05, 3.63) is 0 Å². The van der Waals surface area contributed by atoms with Crippen LogP contribution in [0.2, 0.25) is 0 Å². The average Bonchev–Trinajstić information content (AvgIpc) is 2.21. The van der Waals surface area contributed by atoms with Gasteiger partial charge in [-0.1, -0.05) is 13.8 Å². The van der Waals surface area contributed by atoms with Crippen LogP contribution in [0.4, 0.5) is 0 Å². The van der Waals surface area contributed by atoms with E-state index in [4.69, 9.17) is 13.3 Å². The second-order valence-corrected chi connectivity index (χ2v) is 6.68. The highest BCUT2D eigenvalue weighted by Crippen LogP contribution is 2.21. The van der Waals surface area contributed by atoms with Gasteiger partial charge in [-0.25, -0.2) is 4.79 Å². The topological polar surface area (TPSA) is 57.1 Å². The second kappa shape index (κ2) is 6.87. The van der Waals surface area contributed by atoms with E-state index in [2.05, 4.69) is 4.99 Å². The Kier molecular flexibility index (Phi) is 6.63. The first-order chi connectivity index (χ1) is 7.06. The molecule has 0 aromatic rings. The van der Waals surface area contributed by atoms with Crippen LogP contribution in [0.15, 0.2) is 4.99 Å². The number of rotatable bonds is 7. The molecule has 88 valence electrons. The highest BCUT2D eigenvalue weighted by molar-refractivity contribution is 6.62. The fourth-order valence-corrected chi connectivity index (χ4v) is 3.73. The molecule has 0 bridgehead atoms. The third kappa shape index (κ3) is 3.85. The summed E-state index contributed by atoms with van der Waals surface area (Å²) < 4.78 is 15.8. The molecule has 0 aromatic carbocycles. The average molecular weight is 233 g/mol. The summed E-state index contributed by atoms with van der Waals surface area (Å²) in [6, 6.07) is 0. The van der Waals surface area contributed by atoms with E-state index in [9.17, 15) is 4.79 Å². The van der Waals surface area contributed by atoms with E-state index in [1.807, 2.05) is 13.8 Å². The van der Waals surface area contributed by atoms with Crippen molar-refractivity contribution in [1.29, 1.82) is 0 Å². The van der Waals surface area contributed by atoms with Crippen molar-refractivity contribution in [1.82, 2.24) is 0 Å². The summed E-state index contributed by atoms with van der Waals surface area (Å²) in [5.41, 5.74) is -0.380. The molecule has 0 heterocycles. The zero-order chi connectivity index (χ0) is 11.9. The second-order valence-electron chi connectivity index (χ2n) is 3.58. The Morgan fingerprint density at radius 2 is 1.67 bits per heavy atom. The van der Waals surface area contributed by atoms with Crippen LogP contribution in [0.1, 0.15) is 20.3 Å². The number of carbonyl (C=O) groups excluding carboxylic acids is 1. The summed E-state index contributed by atoms with van der Waals surface area (Å²) in [4.78, 5) is 14.1. The van der Waals surface area contributed by atoms with E-state index < -0.39 is 8.80 Å². The lowest BCUT2D eigenvalue weighted by atomic mass is 10.1. The summed E-state index contributed by atoms with van der Waals surface area (Å²) in [6.07, 6.45) is 2.23. The highest BCUT2D eigenvalue weighted by atomic mass is 28.4. The summed E-state index contributed by atoms with van der Waals surface area (Å²) >= 11 is 0. The summed E-state index contributed by atoms with van der Waals surface area (Å²) in [6.45, 7) is 4.07. The predicted molar refractivity (Wildman–Crippen MR) is 58.1 cm³/mol. The summed E-state index contributed by atoms with van der Waals surface area (Å²) in [7, 11) is 1.66. The third-order valence-corrected chi connectivity index (χ3v) is 5.05. The Labute approximate surface area is 91.8 Å². The van der Waals surface area contributed by atoms with Gasteiger partial charge in [0, 0.05) is 21.3 Å². The Balaban J connectivity index is 4.90. The molecule has 0 amide bonds. The van der Waals surface area contributed by atoms with Gasteiger partial charge in [0.2, 0.25) is 6.08 Å². The van der Waals surface area contributed by atoms with Gasteiger partial charge in [0.15, 0.2) is 0 Å². The number of hydrogen-bond acceptors (Lipinski definition) is 5. The van der Waals surface area contributed by atoms with Crippen molar-refractivity contribution in [2.24, 2.45) is 10.9 Å². The van der Waals surface area contributed by atoms with Crippen molar-refractivity contribution in [3.8, 4) is 0 Å². The molecule has 0 radical (unpaired) electrons. The lowest BCUT2D eigenvalue weighted by Gasteiger charge is -2.29. The molecule has 5 nitrogen and oxygen atoms in total. The van der Waals surface area contributed by atoms with Gasteiger partial charge in [-0.15, -0.1) is 0 Å². The van der Waals surface area contributed by atoms with E-state index in [1.54, 1.807) is 6.08 Å². The quantitative estimate of drug-likeness (QED) is 0.376. The van der Waals surface area contributed by atoms with Crippen molar-refractivity contribution < 1.29 is 18.1 Å². The van der Waals surface area contributed by atoms with Gasteiger partial charge >= 0.3 is 8.80 Å². The number of aliphatic imine (C=N–C) groups is 1. The molecule has 0 aromatic heterocycles. The molecule has 15 heavy (non-hydrogen) atoms. The SMILES string of the molecule is CO[Si](OC)(OC)C(CC(C)C)N=C=O. The maximum absolute atomic E-state index is 10.4. The van der Waals surface area contributed by atoms with Gasteiger partial charge in [-0.3, -0.25) is 0 Å². The monoisotopic (exact) mass is 233 g/mol. The van der Waals surface area contributed by atoms with E-state index in [0.717, 1.165) is 0 Å². The standard InChI is InChI=1S/C9H19NO4Si/c1-8(2)6-9(10-7-11)15(12-3,13-4)14-5/h8-9H,6H2,1-5H3. The van der Waals surface area contributed by atoms with Crippen molar-refractivity contribution in [2.45, 2.75) is 25.9 Å². The van der Waals surface area contributed by atoms with Crippen LogP contribution in [0.5, 0.6) is 0 Å². The van der Waals surface area contributed by atoms with Crippen LogP contribution < -0.4 is 0 Å². The zero-order valence-corrected chi connectivity index (χ0v) is 10.9. The van der Waals surface area contributed by atoms with Crippen LogP contribution in [0, 0.1) is 5.92 Å². The van der Waals surface area contributed by atoms with Crippen LogP contribution in [0.25, 0.3) is 0 Å². The van der Waals surface area contributed by atoms with E-state index in [0.29, 0.717) is 12.3 Å². The molecule has 0 aliphatic heterocycles. The molecule has 0 saturated heterocycles. The predicted octanol–water partition coefficient (Wildman–Crippen LogP) is 1.15. The van der Waals surface area contributed by atoms with Crippen LogP contribution in [-0.4, -0.2) is 41.9 Å². The van der Waals surface area contributed by atoms with Crippen molar-refractivity contribution in [3.63, 3.8) is 0 Å². The first-order valence-electron chi connectivity index (χ1n) is 4.78. The molecule has 1 unspecified atom stereocenters. The normalized spacial score (nSPS) is 13.7. The minimum Gasteiger partial charge on any atom is -0.376 e. The molecule has 0 aliphatic carbocycles. The minimum atomic E-state index is -2.86. The Bertz CT molecular complexity index is 216. The zero-order valence-electron chi connectivity index (χ0n) is 9.94. The molecule has 1 atom stereocenters. The third-order valence-electron chi connectivity index (χ3n) is 2.16. The smallest absolute Gasteiger partial charge is 0.376 e. The first-order valence-corrected chi connectivity index (χ1v) is 6.59. The van der Waals surface area contributed by atoms with Gasteiger partial charge < -0.3 is 13.3 Å². The van der Waals surface area contributed by atoms with Gasteiger partial charge in [-0.2, -0.15) is 4.99 Å². The lowest BCUT2D eigenvalue weighted by Crippen LogP contribution is -2.54. The van der Waals surface area contributed by atoms with Crippen molar-refractivity contribution in [2.75, 3.05) is 21.3 Å². The Hall–Kier alpha value is -0.523. The number of nitrogens with zero attached hydrogens (tertiary/aromatic N) is 1. The van der Waals surface area contributed by atoms with E-state index in [-0.39, 0.29) is 5.67 Å². The molecule has 0 rings (SSSR count). The number of isocyanates is 1. The molecule has 0 fully saturated rings. The van der Waals surface area contributed by atoms with Gasteiger partial charge in [-0.05, 0) is 12.3 Å². The van der Waals surface area contributed by atoms with Crippen LogP contribution >= 0.6 is 0 Å². The molecular weight excluding hydrogens is 214 g/mol. The van der Waals surface area contributed by atoms with Gasteiger partial charge in [0.1, 0.15) is 5.67 Å². The fourth-order valence-electron chi connectivity index (χ4n) is 1.44. The van der Waals surface area contributed by atoms with Gasteiger partial charge in [0.05, 0.1) is 0 Å². The highest BCUT2D eigenvalue weighted by Gasteiger charge is 2.48. The molecule has 0 N–H and O–H groups in total. The molecule has 0 spiro atoms. The van der Waals surface area contributed by atoms with Gasteiger partial charge in [0.25, 0.3) is 0 Å². The molecular formula is C9H19NO4Si. The first kappa shape index (κ1) is 14.5. The molecule has 0 aliphatic rings. The van der Waals surface area contributed by atoms with E-state index >= 15 is 0 Å². The van der Waals surface area contributed by atoms with Crippen LogP contribution in [-0.2, 0) is 18.1 Å². The lowest BCUT2D eigenvalue weighted by molar-refractivity contribution is 0.110. The Morgan fingerprint density at radius 1 is 1.20 bits per heavy atom. The maximum Gasteiger partial charge on any atom is 0.527 e. The molecule has 0 saturated carbocycles. The Morgan fingerprint density at radius 3 is 1.93 bits per heavy atom. The van der Waals surface area contributed by atoms with Crippen LogP contribution in [0.3, 0.4) is 0 Å². The molecule has 6 heteroatoms. The largest absolute Gasteiger partial charge is 0.527 e. The van der Waals surface area contributed by atoms with E-state index in [1.165, 1.54) is 21.3 Å². The maximum atomic E-state index is 10.4. The summed E-state index contributed by atoms with van der Waals surface area (Å²) in [5, 5.41) is 0. The minimum absolute atomic E-state index is 0.374. The number of hydrogen-bond donors (Lipinski definition) is 0.